The Bertz CT molecular complexity index is 558. The first kappa shape index (κ1) is 17.5. The molecule has 23 heavy (non-hydrogen) atoms. The van der Waals surface area contributed by atoms with Crippen molar-refractivity contribution in [1.29, 1.82) is 0 Å². The average Bonchev–Trinajstić information content (AvgIpc) is 2.49. The van der Waals surface area contributed by atoms with E-state index in [1.165, 1.54) is 12.0 Å². The lowest BCUT2D eigenvalue weighted by Crippen LogP contribution is -2.45. The summed E-state index contributed by atoms with van der Waals surface area (Å²) in [5.74, 6) is -0.693. The van der Waals surface area contributed by atoms with Crippen LogP contribution < -0.4 is 10.6 Å². The first-order valence-corrected chi connectivity index (χ1v) is 8.50. The Labute approximate surface area is 139 Å². The highest BCUT2D eigenvalue weighted by molar-refractivity contribution is 6.39. The fraction of sp³-hybridized carbons (Fsp3) is 0.579. The molecule has 0 aromatic heterocycles. The predicted molar refractivity (Wildman–Crippen MR) is 93.3 cm³/mol. The van der Waals surface area contributed by atoms with Crippen LogP contribution in [0.4, 0.5) is 5.69 Å². The van der Waals surface area contributed by atoms with Crippen molar-refractivity contribution in [3.63, 3.8) is 0 Å². The maximum atomic E-state index is 12.1. The van der Waals surface area contributed by atoms with Crippen molar-refractivity contribution in [2.45, 2.75) is 64.8 Å². The van der Waals surface area contributed by atoms with Gasteiger partial charge in [-0.25, -0.2) is 0 Å². The van der Waals surface area contributed by atoms with Gasteiger partial charge < -0.3 is 10.6 Å². The molecule has 0 aliphatic heterocycles. The number of nitrogens with one attached hydrogen (secondary N) is 2. The summed E-state index contributed by atoms with van der Waals surface area (Å²) in [4.78, 5) is 24.1. The van der Waals surface area contributed by atoms with E-state index in [9.17, 15) is 9.59 Å². The lowest BCUT2D eigenvalue weighted by molar-refractivity contribution is -0.137. The SMILES string of the molecule is C[C@@H]1CCCC[C@H]1NC(=O)C(=O)Nc1ccc(C(C)(C)C)cc1. The summed E-state index contributed by atoms with van der Waals surface area (Å²) >= 11 is 0. The van der Waals surface area contributed by atoms with Gasteiger partial charge in [0.15, 0.2) is 0 Å². The van der Waals surface area contributed by atoms with Crippen molar-refractivity contribution in [3.8, 4) is 0 Å². The molecule has 2 rings (SSSR count). The van der Waals surface area contributed by atoms with Crippen molar-refractivity contribution in [3.05, 3.63) is 29.8 Å². The Morgan fingerprint density at radius 1 is 1.00 bits per heavy atom. The second-order valence-electron chi connectivity index (χ2n) is 7.62. The van der Waals surface area contributed by atoms with Gasteiger partial charge in [-0.1, -0.05) is 52.7 Å². The number of hydrogen-bond donors (Lipinski definition) is 2. The smallest absolute Gasteiger partial charge is 0.313 e. The summed E-state index contributed by atoms with van der Waals surface area (Å²) in [6, 6.07) is 7.77. The van der Waals surface area contributed by atoms with E-state index in [0.717, 1.165) is 19.3 Å². The highest BCUT2D eigenvalue weighted by Crippen LogP contribution is 2.24. The number of rotatable bonds is 2. The number of carbonyl (C=O) groups is 2. The van der Waals surface area contributed by atoms with E-state index in [1.54, 1.807) is 0 Å². The minimum Gasteiger partial charge on any atom is -0.345 e. The Hall–Kier alpha value is -1.84. The maximum absolute atomic E-state index is 12.1. The molecule has 4 heteroatoms. The van der Waals surface area contributed by atoms with Crippen LogP contribution in [0.2, 0.25) is 0 Å². The molecule has 2 N–H and O–H groups in total. The van der Waals surface area contributed by atoms with Crippen molar-refractivity contribution in [2.24, 2.45) is 5.92 Å². The Morgan fingerprint density at radius 2 is 1.61 bits per heavy atom. The summed E-state index contributed by atoms with van der Waals surface area (Å²) in [5, 5.41) is 5.55. The van der Waals surface area contributed by atoms with E-state index < -0.39 is 11.8 Å². The molecule has 1 aromatic carbocycles. The molecular weight excluding hydrogens is 288 g/mol. The first-order chi connectivity index (χ1) is 10.8. The molecule has 0 radical (unpaired) electrons. The van der Waals surface area contributed by atoms with Crippen molar-refractivity contribution < 1.29 is 9.59 Å². The van der Waals surface area contributed by atoms with Gasteiger partial charge in [0.1, 0.15) is 0 Å². The second-order valence-corrected chi connectivity index (χ2v) is 7.62. The van der Waals surface area contributed by atoms with E-state index >= 15 is 0 Å². The van der Waals surface area contributed by atoms with E-state index in [2.05, 4.69) is 38.3 Å². The molecule has 126 valence electrons. The summed E-state index contributed by atoms with van der Waals surface area (Å²) in [5.41, 5.74) is 1.91. The predicted octanol–water partition coefficient (Wildman–Crippen LogP) is 3.62. The summed E-state index contributed by atoms with van der Waals surface area (Å²) < 4.78 is 0. The molecule has 0 heterocycles. The fourth-order valence-corrected chi connectivity index (χ4v) is 3.01. The number of anilines is 1. The lowest BCUT2D eigenvalue weighted by Gasteiger charge is -2.29. The Balaban J connectivity index is 1.91. The highest BCUT2D eigenvalue weighted by atomic mass is 16.2. The van der Waals surface area contributed by atoms with E-state index in [-0.39, 0.29) is 11.5 Å². The van der Waals surface area contributed by atoms with E-state index in [0.29, 0.717) is 11.6 Å². The van der Waals surface area contributed by atoms with Crippen molar-refractivity contribution in [2.75, 3.05) is 5.32 Å². The van der Waals surface area contributed by atoms with Gasteiger partial charge in [0.2, 0.25) is 0 Å². The minimum atomic E-state index is -0.591. The van der Waals surface area contributed by atoms with Gasteiger partial charge in [-0.15, -0.1) is 0 Å². The zero-order valence-electron chi connectivity index (χ0n) is 14.6. The molecule has 0 unspecified atom stereocenters. The normalized spacial score (nSPS) is 21.6. The van der Waals surface area contributed by atoms with E-state index in [4.69, 9.17) is 0 Å². The molecule has 1 aliphatic rings. The van der Waals surface area contributed by atoms with Crippen LogP contribution >= 0.6 is 0 Å². The molecular formula is C19H28N2O2. The van der Waals surface area contributed by atoms with Crippen LogP contribution in [0.25, 0.3) is 0 Å². The van der Waals surface area contributed by atoms with Gasteiger partial charge in [0.25, 0.3) is 0 Å². The van der Waals surface area contributed by atoms with Gasteiger partial charge in [0.05, 0.1) is 0 Å². The molecule has 1 saturated carbocycles. The van der Waals surface area contributed by atoms with Gasteiger partial charge in [-0.3, -0.25) is 9.59 Å². The van der Waals surface area contributed by atoms with Crippen LogP contribution in [0, 0.1) is 5.92 Å². The number of benzene rings is 1. The number of hydrogen-bond acceptors (Lipinski definition) is 2. The van der Waals surface area contributed by atoms with Crippen LogP contribution in [0.3, 0.4) is 0 Å². The minimum absolute atomic E-state index is 0.0665. The van der Waals surface area contributed by atoms with E-state index in [1.807, 2.05) is 24.3 Å². The topological polar surface area (TPSA) is 58.2 Å². The van der Waals surface area contributed by atoms with Crippen LogP contribution in [0.15, 0.2) is 24.3 Å². The molecule has 4 nitrogen and oxygen atoms in total. The Morgan fingerprint density at radius 3 is 2.17 bits per heavy atom. The molecule has 1 aliphatic carbocycles. The zero-order valence-corrected chi connectivity index (χ0v) is 14.6. The number of carbonyl (C=O) groups excluding carboxylic acids is 2. The quantitative estimate of drug-likeness (QED) is 0.819. The van der Waals surface area contributed by atoms with Gasteiger partial charge in [-0.05, 0) is 41.9 Å². The molecule has 2 amide bonds. The molecule has 1 aromatic rings. The standard InChI is InChI=1S/C19H28N2O2/c1-13-7-5-6-8-16(13)21-18(23)17(22)20-15-11-9-14(10-12-15)19(2,3)4/h9-13,16H,5-8H2,1-4H3,(H,20,22)(H,21,23)/t13-,16-/m1/s1. The zero-order chi connectivity index (χ0) is 17.0. The van der Waals surface area contributed by atoms with Crippen molar-refractivity contribution in [1.82, 2.24) is 5.32 Å². The monoisotopic (exact) mass is 316 g/mol. The average molecular weight is 316 g/mol. The lowest BCUT2D eigenvalue weighted by atomic mass is 9.86. The first-order valence-electron chi connectivity index (χ1n) is 8.50. The molecule has 0 spiro atoms. The molecule has 0 saturated heterocycles. The van der Waals surface area contributed by atoms with Gasteiger partial charge >= 0.3 is 11.8 Å². The third kappa shape index (κ3) is 4.81. The molecule has 2 atom stereocenters. The van der Waals surface area contributed by atoms with Crippen molar-refractivity contribution >= 4 is 17.5 Å². The van der Waals surface area contributed by atoms with Crippen LogP contribution in [-0.4, -0.2) is 17.9 Å². The number of amides is 2. The molecule has 1 fully saturated rings. The van der Waals surface area contributed by atoms with Crippen LogP contribution in [-0.2, 0) is 15.0 Å². The third-order valence-corrected chi connectivity index (χ3v) is 4.64. The second kappa shape index (κ2) is 7.16. The van der Waals surface area contributed by atoms with Gasteiger partial charge in [0, 0.05) is 11.7 Å². The fourth-order valence-electron chi connectivity index (χ4n) is 3.01. The Kier molecular flexibility index (Phi) is 5.45. The third-order valence-electron chi connectivity index (χ3n) is 4.64. The van der Waals surface area contributed by atoms with Crippen LogP contribution in [0.1, 0.15) is 58.9 Å². The highest BCUT2D eigenvalue weighted by Gasteiger charge is 2.25. The van der Waals surface area contributed by atoms with Gasteiger partial charge in [-0.2, -0.15) is 0 Å². The molecule has 0 bridgehead atoms. The van der Waals surface area contributed by atoms with Crippen LogP contribution in [0.5, 0.6) is 0 Å². The summed E-state index contributed by atoms with van der Waals surface area (Å²) in [6.45, 7) is 8.55. The summed E-state index contributed by atoms with van der Waals surface area (Å²) in [6.07, 6.45) is 4.40. The summed E-state index contributed by atoms with van der Waals surface area (Å²) in [7, 11) is 0. The largest absolute Gasteiger partial charge is 0.345 e. The maximum Gasteiger partial charge on any atom is 0.313 e.